The van der Waals surface area contributed by atoms with Crippen LogP contribution in [0.5, 0.6) is 0 Å². The van der Waals surface area contributed by atoms with Gasteiger partial charge in [-0.05, 0) is 51.3 Å². The molecule has 1 aromatic heterocycles. The minimum absolute atomic E-state index is 0.271. The second-order valence-electron chi connectivity index (χ2n) is 6.78. The molecule has 23 heavy (non-hydrogen) atoms. The lowest BCUT2D eigenvalue weighted by atomic mass is 9.73. The van der Waals surface area contributed by atoms with Crippen molar-refractivity contribution in [2.45, 2.75) is 44.6 Å². The lowest BCUT2D eigenvalue weighted by molar-refractivity contribution is -0.149. The highest BCUT2D eigenvalue weighted by molar-refractivity contribution is 5.83. The Hall–Kier alpha value is -2.11. The zero-order valence-electron chi connectivity index (χ0n) is 14.2. The maximum Gasteiger partial charge on any atom is 0.410 e. The fourth-order valence-electron chi connectivity index (χ4n) is 2.87. The topological polar surface area (TPSA) is 68.7 Å². The van der Waals surface area contributed by atoms with Gasteiger partial charge in [-0.25, -0.2) is 4.79 Å². The molecule has 1 saturated heterocycles. The Morgan fingerprint density at radius 3 is 2.22 bits per heavy atom. The molecule has 0 spiro atoms. The summed E-state index contributed by atoms with van der Waals surface area (Å²) >= 11 is 0. The molecule has 0 aliphatic carbocycles. The van der Waals surface area contributed by atoms with Crippen LogP contribution in [0, 0.1) is 0 Å². The summed E-state index contributed by atoms with van der Waals surface area (Å²) in [4.78, 5) is 30.2. The number of methoxy groups -OCH3 is 1. The number of carbonyl (C=O) groups excluding carboxylic acids is 2. The lowest BCUT2D eigenvalue weighted by Crippen LogP contribution is -2.50. The number of likely N-dealkylation sites (tertiary alicyclic amines) is 1. The number of carbonyl (C=O) groups is 2. The molecule has 1 aliphatic rings. The Morgan fingerprint density at radius 1 is 1.17 bits per heavy atom. The van der Waals surface area contributed by atoms with Crippen molar-refractivity contribution in [2.75, 3.05) is 20.2 Å². The van der Waals surface area contributed by atoms with Crippen LogP contribution in [-0.4, -0.2) is 47.7 Å². The van der Waals surface area contributed by atoms with E-state index in [1.807, 2.05) is 32.9 Å². The standard InChI is InChI=1S/C17H24N2O4/c1-16(2,3)23-15(21)19-11-7-17(8-12-19,14(20)22-4)13-5-9-18-10-6-13/h5-6,9-10H,7-8,11-12H2,1-4H3. The van der Waals surface area contributed by atoms with Gasteiger partial charge in [0.1, 0.15) is 5.60 Å². The Morgan fingerprint density at radius 2 is 1.74 bits per heavy atom. The largest absolute Gasteiger partial charge is 0.468 e. The number of nitrogens with zero attached hydrogens (tertiary/aromatic N) is 2. The molecule has 2 heterocycles. The molecule has 126 valence electrons. The highest BCUT2D eigenvalue weighted by Gasteiger charge is 2.45. The fraction of sp³-hybridized carbons (Fsp3) is 0.588. The molecule has 1 aromatic rings. The zero-order valence-corrected chi connectivity index (χ0v) is 14.2. The predicted octanol–water partition coefficient (Wildman–Crippen LogP) is 2.52. The first-order valence-corrected chi connectivity index (χ1v) is 7.75. The highest BCUT2D eigenvalue weighted by Crippen LogP contribution is 2.36. The van der Waals surface area contributed by atoms with Crippen molar-refractivity contribution in [3.8, 4) is 0 Å². The van der Waals surface area contributed by atoms with E-state index in [4.69, 9.17) is 9.47 Å². The van der Waals surface area contributed by atoms with E-state index in [9.17, 15) is 9.59 Å². The minimum atomic E-state index is -0.726. The molecule has 0 radical (unpaired) electrons. The molecule has 0 bridgehead atoms. The van der Waals surface area contributed by atoms with Gasteiger partial charge in [-0.15, -0.1) is 0 Å². The molecule has 1 aliphatic heterocycles. The number of ether oxygens (including phenoxy) is 2. The second-order valence-corrected chi connectivity index (χ2v) is 6.78. The molecule has 1 amide bonds. The van der Waals surface area contributed by atoms with Gasteiger partial charge < -0.3 is 14.4 Å². The van der Waals surface area contributed by atoms with Crippen molar-refractivity contribution in [3.05, 3.63) is 30.1 Å². The maximum absolute atomic E-state index is 12.4. The van der Waals surface area contributed by atoms with Gasteiger partial charge in [-0.2, -0.15) is 0 Å². The number of piperidine rings is 1. The van der Waals surface area contributed by atoms with Crippen molar-refractivity contribution in [3.63, 3.8) is 0 Å². The second kappa shape index (κ2) is 6.56. The summed E-state index contributed by atoms with van der Waals surface area (Å²) in [5.74, 6) is -0.271. The average Bonchev–Trinajstić information content (AvgIpc) is 2.53. The third kappa shape index (κ3) is 3.81. The molecule has 0 aromatic carbocycles. The van der Waals surface area contributed by atoms with Crippen LogP contribution in [0.4, 0.5) is 4.79 Å². The molecule has 0 N–H and O–H groups in total. The number of pyridine rings is 1. The van der Waals surface area contributed by atoms with Crippen molar-refractivity contribution < 1.29 is 19.1 Å². The van der Waals surface area contributed by atoms with Crippen molar-refractivity contribution >= 4 is 12.1 Å². The molecule has 2 rings (SSSR count). The summed E-state index contributed by atoms with van der Waals surface area (Å²) in [6.07, 6.45) is 4.00. The summed E-state index contributed by atoms with van der Waals surface area (Å²) in [5.41, 5.74) is -0.377. The van der Waals surface area contributed by atoms with Gasteiger partial charge >= 0.3 is 12.1 Å². The van der Waals surface area contributed by atoms with Crippen molar-refractivity contribution in [2.24, 2.45) is 0 Å². The van der Waals surface area contributed by atoms with E-state index in [2.05, 4.69) is 4.98 Å². The van der Waals surface area contributed by atoms with E-state index in [1.54, 1.807) is 17.3 Å². The lowest BCUT2D eigenvalue weighted by Gasteiger charge is -2.40. The van der Waals surface area contributed by atoms with Crippen molar-refractivity contribution in [1.82, 2.24) is 9.88 Å². The van der Waals surface area contributed by atoms with E-state index >= 15 is 0 Å². The number of hydrogen-bond acceptors (Lipinski definition) is 5. The van der Waals surface area contributed by atoms with Gasteiger partial charge in [0.2, 0.25) is 0 Å². The van der Waals surface area contributed by atoms with Crippen LogP contribution in [0.2, 0.25) is 0 Å². The Balaban J connectivity index is 2.15. The number of esters is 1. The van der Waals surface area contributed by atoms with Crippen LogP contribution in [0.1, 0.15) is 39.2 Å². The van der Waals surface area contributed by atoms with E-state index in [0.717, 1.165) is 5.56 Å². The van der Waals surface area contributed by atoms with Crippen LogP contribution in [-0.2, 0) is 19.7 Å². The van der Waals surface area contributed by atoms with Gasteiger partial charge in [-0.1, -0.05) is 0 Å². The number of amides is 1. The van der Waals surface area contributed by atoms with Gasteiger partial charge in [0, 0.05) is 25.5 Å². The zero-order chi connectivity index (χ0) is 17.1. The van der Waals surface area contributed by atoms with Gasteiger partial charge in [0.05, 0.1) is 12.5 Å². The van der Waals surface area contributed by atoms with Gasteiger partial charge in [-0.3, -0.25) is 9.78 Å². The molecule has 0 unspecified atom stereocenters. The van der Waals surface area contributed by atoms with E-state index in [-0.39, 0.29) is 12.1 Å². The number of rotatable bonds is 2. The third-order valence-corrected chi connectivity index (χ3v) is 4.08. The SMILES string of the molecule is COC(=O)C1(c2ccncc2)CCN(C(=O)OC(C)(C)C)CC1. The normalized spacial score (nSPS) is 17.5. The van der Waals surface area contributed by atoms with Gasteiger partial charge in [0.15, 0.2) is 0 Å². The Bertz CT molecular complexity index is 558. The summed E-state index contributed by atoms with van der Waals surface area (Å²) in [7, 11) is 1.39. The number of aromatic nitrogens is 1. The van der Waals surface area contributed by atoms with E-state index in [1.165, 1.54) is 7.11 Å². The fourth-order valence-corrected chi connectivity index (χ4v) is 2.87. The average molecular weight is 320 g/mol. The third-order valence-electron chi connectivity index (χ3n) is 4.08. The van der Waals surface area contributed by atoms with Crippen LogP contribution in [0.15, 0.2) is 24.5 Å². The number of hydrogen-bond donors (Lipinski definition) is 0. The van der Waals surface area contributed by atoms with Gasteiger partial charge in [0.25, 0.3) is 0 Å². The maximum atomic E-state index is 12.4. The Labute approximate surface area is 136 Å². The minimum Gasteiger partial charge on any atom is -0.468 e. The summed E-state index contributed by atoms with van der Waals surface area (Å²) in [6.45, 7) is 6.42. The van der Waals surface area contributed by atoms with E-state index in [0.29, 0.717) is 25.9 Å². The quantitative estimate of drug-likeness (QED) is 0.783. The van der Waals surface area contributed by atoms with Crippen molar-refractivity contribution in [1.29, 1.82) is 0 Å². The first kappa shape index (κ1) is 17.2. The van der Waals surface area contributed by atoms with Crippen LogP contribution in [0.25, 0.3) is 0 Å². The Kier molecular flexibility index (Phi) is 4.92. The molecule has 1 fully saturated rings. The summed E-state index contributed by atoms with van der Waals surface area (Å²) in [5, 5.41) is 0. The molecule has 0 saturated carbocycles. The molecular weight excluding hydrogens is 296 g/mol. The van der Waals surface area contributed by atoms with Crippen LogP contribution in [0.3, 0.4) is 0 Å². The predicted molar refractivity (Wildman–Crippen MR) is 85.0 cm³/mol. The summed E-state index contributed by atoms with van der Waals surface area (Å²) < 4.78 is 10.4. The summed E-state index contributed by atoms with van der Waals surface area (Å²) in [6, 6.07) is 3.67. The van der Waals surface area contributed by atoms with E-state index < -0.39 is 11.0 Å². The monoisotopic (exact) mass is 320 g/mol. The molecule has 6 nitrogen and oxygen atoms in total. The first-order chi connectivity index (χ1) is 10.8. The molecule has 6 heteroatoms. The first-order valence-electron chi connectivity index (χ1n) is 7.75. The van der Waals surface area contributed by atoms with Crippen LogP contribution >= 0.6 is 0 Å². The smallest absolute Gasteiger partial charge is 0.410 e. The highest BCUT2D eigenvalue weighted by atomic mass is 16.6. The molecule has 0 atom stereocenters. The van der Waals surface area contributed by atoms with Crippen LogP contribution < -0.4 is 0 Å². The molecular formula is C17H24N2O4.